The fourth-order valence-corrected chi connectivity index (χ4v) is 3.13. The van der Waals surface area contributed by atoms with Gasteiger partial charge in [0.05, 0.1) is 18.3 Å². The first-order valence-corrected chi connectivity index (χ1v) is 7.67. The SMILES string of the molecule is N#[N+]c1cc(OC2CCCC2)ccc1OC1CCCC1. The third-order valence-electron chi connectivity index (χ3n) is 4.24. The minimum atomic E-state index is 0.261. The van der Waals surface area contributed by atoms with E-state index in [-0.39, 0.29) is 6.10 Å². The summed E-state index contributed by atoms with van der Waals surface area (Å²) in [6.45, 7) is 0. The van der Waals surface area contributed by atoms with Crippen molar-refractivity contribution >= 4 is 5.69 Å². The maximum absolute atomic E-state index is 9.17. The Bertz CT molecular complexity index is 498. The van der Waals surface area contributed by atoms with Crippen LogP contribution >= 0.6 is 0 Å². The molecule has 1 aromatic carbocycles. The van der Waals surface area contributed by atoms with Crippen molar-refractivity contribution in [3.05, 3.63) is 23.2 Å². The smallest absolute Gasteiger partial charge is 0.429 e. The first kappa shape index (κ1) is 13.2. The Hall–Kier alpha value is -1.76. The molecule has 20 heavy (non-hydrogen) atoms. The zero-order valence-electron chi connectivity index (χ0n) is 11.8. The molecule has 0 spiro atoms. The molecular weight excluding hydrogens is 252 g/mol. The third-order valence-corrected chi connectivity index (χ3v) is 4.24. The van der Waals surface area contributed by atoms with Crippen LogP contribution in [-0.4, -0.2) is 12.2 Å². The number of benzene rings is 1. The van der Waals surface area contributed by atoms with Gasteiger partial charge >= 0.3 is 5.69 Å². The molecule has 2 fully saturated rings. The van der Waals surface area contributed by atoms with Crippen LogP contribution in [0, 0.1) is 5.39 Å². The lowest BCUT2D eigenvalue weighted by molar-refractivity contribution is 0.204. The zero-order valence-corrected chi connectivity index (χ0v) is 11.8. The average Bonchev–Trinajstić information content (AvgIpc) is 3.14. The predicted molar refractivity (Wildman–Crippen MR) is 77.0 cm³/mol. The Morgan fingerprint density at radius 1 is 0.900 bits per heavy atom. The third kappa shape index (κ3) is 3.04. The number of nitrogens with zero attached hydrogens (tertiary/aromatic N) is 2. The van der Waals surface area contributed by atoms with Crippen LogP contribution in [0.25, 0.3) is 4.98 Å². The molecule has 0 unspecified atom stereocenters. The Morgan fingerprint density at radius 3 is 2.10 bits per heavy atom. The van der Waals surface area contributed by atoms with Crippen LogP contribution in [0.5, 0.6) is 11.5 Å². The number of hydrogen-bond acceptors (Lipinski definition) is 3. The summed E-state index contributed by atoms with van der Waals surface area (Å²) >= 11 is 0. The maximum Gasteiger partial charge on any atom is 0.429 e. The van der Waals surface area contributed by atoms with E-state index in [4.69, 9.17) is 14.9 Å². The molecule has 3 rings (SSSR count). The fourth-order valence-electron chi connectivity index (χ4n) is 3.13. The number of diazo groups is 1. The van der Waals surface area contributed by atoms with E-state index in [0.717, 1.165) is 31.4 Å². The van der Waals surface area contributed by atoms with Gasteiger partial charge in [-0.2, -0.15) is 0 Å². The van der Waals surface area contributed by atoms with Crippen LogP contribution in [0.2, 0.25) is 0 Å². The van der Waals surface area contributed by atoms with Gasteiger partial charge in [0.25, 0.3) is 0 Å². The number of hydrogen-bond donors (Lipinski definition) is 0. The van der Waals surface area contributed by atoms with E-state index >= 15 is 0 Å². The molecule has 4 nitrogen and oxygen atoms in total. The first-order valence-electron chi connectivity index (χ1n) is 7.67. The molecule has 0 heterocycles. The Kier molecular flexibility index (Phi) is 4.05. The highest BCUT2D eigenvalue weighted by atomic mass is 16.5. The van der Waals surface area contributed by atoms with Gasteiger partial charge in [0.2, 0.25) is 11.1 Å². The molecular formula is C16H21N2O2+. The van der Waals surface area contributed by atoms with Gasteiger partial charge in [-0.3, -0.25) is 0 Å². The quantitative estimate of drug-likeness (QED) is 0.739. The van der Waals surface area contributed by atoms with Gasteiger partial charge in [0, 0.05) is 0 Å². The summed E-state index contributed by atoms with van der Waals surface area (Å²) in [6, 6.07) is 5.54. The largest absolute Gasteiger partial charge is 0.490 e. The summed E-state index contributed by atoms with van der Waals surface area (Å²) in [7, 11) is 0. The maximum atomic E-state index is 9.17. The van der Waals surface area contributed by atoms with E-state index in [1.54, 1.807) is 6.07 Å². The summed E-state index contributed by atoms with van der Waals surface area (Å²) in [5.41, 5.74) is 0.465. The molecule has 1 aromatic rings. The van der Waals surface area contributed by atoms with Gasteiger partial charge in [-0.05, 0) is 63.5 Å². The molecule has 2 aliphatic rings. The van der Waals surface area contributed by atoms with Crippen molar-refractivity contribution in [3.63, 3.8) is 0 Å². The standard InChI is InChI=1S/C16H21N2O2/c17-18-15-11-14(19-12-5-1-2-6-12)9-10-16(15)20-13-7-3-4-8-13/h9-13H,1-8H2/q+1. The van der Waals surface area contributed by atoms with Crippen molar-refractivity contribution in [2.75, 3.05) is 0 Å². The summed E-state index contributed by atoms with van der Waals surface area (Å²) in [5, 5.41) is 9.17. The Labute approximate surface area is 119 Å². The second kappa shape index (κ2) is 6.13. The lowest BCUT2D eigenvalue weighted by atomic mass is 10.2. The topological polar surface area (TPSA) is 46.6 Å². The summed E-state index contributed by atoms with van der Waals surface area (Å²) in [6.07, 6.45) is 9.91. The van der Waals surface area contributed by atoms with Gasteiger partial charge in [-0.25, -0.2) is 0 Å². The van der Waals surface area contributed by atoms with Gasteiger partial charge < -0.3 is 9.47 Å². The highest BCUT2D eigenvalue weighted by Gasteiger charge is 2.24. The van der Waals surface area contributed by atoms with E-state index in [9.17, 15) is 0 Å². The van der Waals surface area contributed by atoms with Crippen molar-refractivity contribution in [2.24, 2.45) is 0 Å². The first-order chi connectivity index (χ1) is 9.85. The molecule has 0 bridgehead atoms. The Balaban J connectivity index is 1.70. The van der Waals surface area contributed by atoms with Crippen LogP contribution in [0.1, 0.15) is 51.4 Å². The number of ether oxygens (including phenoxy) is 2. The molecule has 0 N–H and O–H groups in total. The van der Waals surface area contributed by atoms with Crippen LogP contribution in [0.15, 0.2) is 18.2 Å². The van der Waals surface area contributed by atoms with Crippen LogP contribution in [0.4, 0.5) is 5.69 Å². The summed E-state index contributed by atoms with van der Waals surface area (Å²) in [4.78, 5) is 3.34. The van der Waals surface area contributed by atoms with Gasteiger partial charge in [-0.1, -0.05) is 0 Å². The van der Waals surface area contributed by atoms with Crippen molar-refractivity contribution in [2.45, 2.75) is 63.6 Å². The molecule has 0 aliphatic heterocycles. The van der Waals surface area contributed by atoms with Crippen molar-refractivity contribution < 1.29 is 9.47 Å². The zero-order chi connectivity index (χ0) is 13.8. The molecule has 2 saturated carbocycles. The Morgan fingerprint density at radius 2 is 1.50 bits per heavy atom. The van der Waals surface area contributed by atoms with Gasteiger partial charge in [0.15, 0.2) is 4.98 Å². The fraction of sp³-hybridized carbons (Fsp3) is 0.625. The second-order valence-corrected chi connectivity index (χ2v) is 5.78. The average molecular weight is 273 g/mol. The van der Waals surface area contributed by atoms with Crippen molar-refractivity contribution in [1.82, 2.24) is 0 Å². The lowest BCUT2D eigenvalue weighted by Gasteiger charge is -2.14. The molecule has 0 aromatic heterocycles. The molecule has 2 aliphatic carbocycles. The number of rotatable bonds is 4. The molecule has 0 atom stereocenters. The van der Waals surface area contributed by atoms with Gasteiger partial charge in [0.1, 0.15) is 5.75 Å². The van der Waals surface area contributed by atoms with E-state index in [1.165, 1.54) is 25.7 Å². The van der Waals surface area contributed by atoms with Crippen LogP contribution in [0.3, 0.4) is 0 Å². The van der Waals surface area contributed by atoms with E-state index in [2.05, 4.69) is 4.98 Å². The van der Waals surface area contributed by atoms with E-state index in [0.29, 0.717) is 17.5 Å². The highest BCUT2D eigenvalue weighted by molar-refractivity contribution is 5.60. The molecule has 0 amide bonds. The normalized spacial score (nSPS) is 19.9. The second-order valence-electron chi connectivity index (χ2n) is 5.78. The molecule has 0 radical (unpaired) electrons. The minimum Gasteiger partial charge on any atom is -0.490 e. The minimum absolute atomic E-state index is 0.261. The molecule has 4 heteroatoms. The molecule has 106 valence electrons. The molecule has 0 saturated heterocycles. The van der Waals surface area contributed by atoms with Gasteiger partial charge in [-0.15, -0.1) is 0 Å². The predicted octanol–water partition coefficient (Wildman–Crippen LogP) is 4.81. The monoisotopic (exact) mass is 273 g/mol. The van der Waals surface area contributed by atoms with E-state index < -0.39 is 0 Å². The lowest BCUT2D eigenvalue weighted by Crippen LogP contribution is -2.12. The van der Waals surface area contributed by atoms with Crippen LogP contribution in [-0.2, 0) is 0 Å². The van der Waals surface area contributed by atoms with Crippen molar-refractivity contribution in [1.29, 1.82) is 5.39 Å². The summed E-state index contributed by atoms with van der Waals surface area (Å²) in [5.74, 6) is 1.42. The van der Waals surface area contributed by atoms with Crippen LogP contribution < -0.4 is 9.47 Å². The van der Waals surface area contributed by atoms with E-state index in [1.807, 2.05) is 12.1 Å². The van der Waals surface area contributed by atoms with Crippen molar-refractivity contribution in [3.8, 4) is 11.5 Å². The summed E-state index contributed by atoms with van der Waals surface area (Å²) < 4.78 is 11.8. The highest BCUT2D eigenvalue weighted by Crippen LogP contribution is 2.36.